The minimum atomic E-state index is -0.421. The van der Waals surface area contributed by atoms with Crippen LogP contribution in [-0.2, 0) is 0 Å². The number of carbonyl (C=O) groups excluding carboxylic acids is 2. The van der Waals surface area contributed by atoms with Gasteiger partial charge in [-0.3, -0.25) is 4.79 Å². The Morgan fingerprint density at radius 3 is 2.42 bits per heavy atom. The average molecular weight is 256 g/mol. The summed E-state index contributed by atoms with van der Waals surface area (Å²) in [7, 11) is 0. The molecule has 0 atom stereocenters. The van der Waals surface area contributed by atoms with Crippen LogP contribution in [0.25, 0.3) is 0 Å². The Bertz CT molecular complexity index is 599. The number of urea groups is 1. The molecule has 6 nitrogen and oxygen atoms in total. The molecule has 19 heavy (non-hydrogen) atoms. The smallest absolute Gasteiger partial charge is 0.308 e. The lowest BCUT2D eigenvalue weighted by molar-refractivity contribution is 0.101. The highest BCUT2D eigenvalue weighted by atomic mass is 16.2. The predicted octanol–water partition coefficient (Wildman–Crippen LogP) is 2.32. The number of carbonyl (C=O) groups is 2. The molecule has 0 aliphatic rings. The van der Waals surface area contributed by atoms with Crippen molar-refractivity contribution in [1.29, 1.82) is 0 Å². The molecule has 2 N–H and O–H groups in total. The molecule has 1 aromatic heterocycles. The molecule has 2 amide bonds. The van der Waals surface area contributed by atoms with E-state index in [0.717, 1.165) is 0 Å². The van der Waals surface area contributed by atoms with Crippen LogP contribution in [0.3, 0.4) is 0 Å². The van der Waals surface area contributed by atoms with Crippen LogP contribution in [0, 0.1) is 0 Å². The lowest BCUT2D eigenvalue weighted by Gasteiger charge is -2.07. The molecule has 96 valence electrons. The largest absolute Gasteiger partial charge is 0.323 e. The van der Waals surface area contributed by atoms with Gasteiger partial charge >= 0.3 is 6.03 Å². The highest BCUT2D eigenvalue weighted by Crippen LogP contribution is 2.11. The fourth-order valence-electron chi connectivity index (χ4n) is 1.47. The zero-order valence-electron chi connectivity index (χ0n) is 10.3. The van der Waals surface area contributed by atoms with Crippen molar-refractivity contribution in [2.75, 3.05) is 10.6 Å². The van der Waals surface area contributed by atoms with Gasteiger partial charge in [0.25, 0.3) is 0 Å². The Labute approximate surface area is 109 Å². The van der Waals surface area contributed by atoms with Gasteiger partial charge < -0.3 is 10.6 Å². The van der Waals surface area contributed by atoms with E-state index in [2.05, 4.69) is 20.6 Å². The van der Waals surface area contributed by atoms with E-state index in [1.165, 1.54) is 25.6 Å². The third-order valence-corrected chi connectivity index (χ3v) is 2.35. The summed E-state index contributed by atoms with van der Waals surface area (Å²) >= 11 is 0. The number of hydrogen-bond donors (Lipinski definition) is 2. The van der Waals surface area contributed by atoms with Gasteiger partial charge in [0.1, 0.15) is 6.33 Å². The van der Waals surface area contributed by atoms with Gasteiger partial charge in [0.05, 0.1) is 18.1 Å². The van der Waals surface area contributed by atoms with Crippen molar-refractivity contribution >= 4 is 23.2 Å². The summed E-state index contributed by atoms with van der Waals surface area (Å²) in [5.41, 5.74) is 1.57. The van der Waals surface area contributed by atoms with E-state index in [-0.39, 0.29) is 5.78 Å². The molecule has 0 bridgehead atoms. The molecule has 1 heterocycles. The van der Waals surface area contributed by atoms with Crippen LogP contribution in [0.15, 0.2) is 43.0 Å². The molecular weight excluding hydrogens is 244 g/mol. The normalized spacial score (nSPS) is 9.74. The Morgan fingerprint density at radius 2 is 1.74 bits per heavy atom. The number of ketones is 1. The first kappa shape index (κ1) is 12.7. The maximum Gasteiger partial charge on any atom is 0.323 e. The zero-order chi connectivity index (χ0) is 13.7. The molecule has 0 saturated carbocycles. The molecule has 0 fully saturated rings. The van der Waals surface area contributed by atoms with Crippen LogP contribution in [-0.4, -0.2) is 21.8 Å². The Balaban J connectivity index is 2.03. The van der Waals surface area contributed by atoms with Crippen molar-refractivity contribution in [1.82, 2.24) is 9.97 Å². The van der Waals surface area contributed by atoms with Crippen molar-refractivity contribution in [2.24, 2.45) is 0 Å². The molecule has 6 heteroatoms. The number of nitrogens with one attached hydrogen (secondary N) is 2. The summed E-state index contributed by atoms with van der Waals surface area (Å²) in [5.74, 6) is -0.0551. The van der Waals surface area contributed by atoms with Crippen LogP contribution in [0.2, 0.25) is 0 Å². The van der Waals surface area contributed by atoms with Crippen molar-refractivity contribution in [3.63, 3.8) is 0 Å². The van der Waals surface area contributed by atoms with Crippen LogP contribution >= 0.6 is 0 Å². The molecule has 0 radical (unpaired) electrons. The fourth-order valence-corrected chi connectivity index (χ4v) is 1.47. The van der Waals surface area contributed by atoms with Crippen LogP contribution in [0.1, 0.15) is 17.3 Å². The SMILES string of the molecule is CC(=O)c1cccc(NC(=O)Nc2cncnc2)c1. The number of aromatic nitrogens is 2. The van der Waals surface area contributed by atoms with Crippen molar-refractivity contribution in [2.45, 2.75) is 6.92 Å². The van der Waals surface area contributed by atoms with Gasteiger partial charge in [-0.15, -0.1) is 0 Å². The Kier molecular flexibility index (Phi) is 3.82. The fraction of sp³-hybridized carbons (Fsp3) is 0.0769. The average Bonchev–Trinajstić information content (AvgIpc) is 2.40. The predicted molar refractivity (Wildman–Crippen MR) is 71.1 cm³/mol. The molecule has 0 unspecified atom stereocenters. The maximum atomic E-state index is 11.7. The van der Waals surface area contributed by atoms with Gasteiger partial charge in [0.15, 0.2) is 5.78 Å². The standard InChI is InChI=1S/C13H12N4O2/c1-9(18)10-3-2-4-11(5-10)16-13(19)17-12-6-14-8-15-7-12/h2-8H,1H3,(H2,16,17,19). The lowest BCUT2D eigenvalue weighted by Crippen LogP contribution is -2.19. The van der Waals surface area contributed by atoms with E-state index >= 15 is 0 Å². The van der Waals surface area contributed by atoms with E-state index in [4.69, 9.17) is 0 Å². The summed E-state index contributed by atoms with van der Waals surface area (Å²) in [5, 5.41) is 5.21. The van der Waals surface area contributed by atoms with Gasteiger partial charge in [-0.25, -0.2) is 14.8 Å². The van der Waals surface area contributed by atoms with Crippen LogP contribution in [0.5, 0.6) is 0 Å². The number of benzene rings is 1. The van der Waals surface area contributed by atoms with Crippen LogP contribution in [0.4, 0.5) is 16.2 Å². The van der Waals surface area contributed by atoms with Gasteiger partial charge in [-0.2, -0.15) is 0 Å². The number of hydrogen-bond acceptors (Lipinski definition) is 4. The summed E-state index contributed by atoms with van der Waals surface area (Å²) in [4.78, 5) is 30.5. The summed E-state index contributed by atoms with van der Waals surface area (Å²) < 4.78 is 0. The quantitative estimate of drug-likeness (QED) is 0.825. The highest BCUT2D eigenvalue weighted by Gasteiger charge is 2.05. The van der Waals surface area contributed by atoms with E-state index in [1.807, 2.05) is 0 Å². The van der Waals surface area contributed by atoms with E-state index < -0.39 is 6.03 Å². The molecule has 1 aromatic carbocycles. The van der Waals surface area contributed by atoms with Gasteiger partial charge in [-0.05, 0) is 19.1 Å². The third kappa shape index (κ3) is 3.60. The lowest BCUT2D eigenvalue weighted by atomic mass is 10.1. The maximum absolute atomic E-state index is 11.7. The van der Waals surface area contributed by atoms with Crippen molar-refractivity contribution in [3.8, 4) is 0 Å². The molecule has 0 aliphatic carbocycles. The molecule has 0 saturated heterocycles. The van der Waals surface area contributed by atoms with E-state index in [1.54, 1.807) is 24.3 Å². The third-order valence-electron chi connectivity index (χ3n) is 2.35. The van der Waals surface area contributed by atoms with E-state index in [0.29, 0.717) is 16.9 Å². The second-order valence-corrected chi connectivity index (χ2v) is 3.84. The monoisotopic (exact) mass is 256 g/mol. The number of Topliss-reactive ketones (excluding diaryl/α,β-unsaturated/α-hetero) is 1. The number of nitrogens with zero attached hydrogens (tertiary/aromatic N) is 2. The zero-order valence-corrected chi connectivity index (χ0v) is 10.3. The van der Waals surface area contributed by atoms with Gasteiger partial charge in [0, 0.05) is 11.3 Å². The topological polar surface area (TPSA) is 84.0 Å². The van der Waals surface area contributed by atoms with Gasteiger partial charge in [-0.1, -0.05) is 12.1 Å². The summed E-state index contributed by atoms with van der Waals surface area (Å²) in [6.07, 6.45) is 4.34. The van der Waals surface area contributed by atoms with Crippen molar-refractivity contribution < 1.29 is 9.59 Å². The minimum absolute atomic E-state index is 0.0551. The Hall–Kier alpha value is -2.76. The van der Waals surface area contributed by atoms with Crippen LogP contribution < -0.4 is 10.6 Å². The van der Waals surface area contributed by atoms with Gasteiger partial charge in [0.2, 0.25) is 0 Å². The van der Waals surface area contributed by atoms with Crippen molar-refractivity contribution in [3.05, 3.63) is 48.5 Å². The summed E-state index contributed by atoms with van der Waals surface area (Å²) in [6.45, 7) is 1.47. The first-order chi connectivity index (χ1) is 9.15. The molecule has 0 aliphatic heterocycles. The Morgan fingerprint density at radius 1 is 1.05 bits per heavy atom. The second-order valence-electron chi connectivity index (χ2n) is 3.84. The molecule has 2 aromatic rings. The first-order valence-electron chi connectivity index (χ1n) is 5.59. The molecule has 0 spiro atoms. The highest BCUT2D eigenvalue weighted by molar-refractivity contribution is 6.01. The molecular formula is C13H12N4O2. The summed E-state index contributed by atoms with van der Waals surface area (Å²) in [6, 6.07) is 6.29. The van der Waals surface area contributed by atoms with E-state index in [9.17, 15) is 9.59 Å². The molecule has 2 rings (SSSR count). The number of anilines is 2. The number of amides is 2. The second kappa shape index (κ2) is 5.72. The minimum Gasteiger partial charge on any atom is -0.308 e. The number of rotatable bonds is 3. The first-order valence-corrected chi connectivity index (χ1v) is 5.59.